The van der Waals surface area contributed by atoms with Crippen LogP contribution in [0.3, 0.4) is 0 Å². The van der Waals surface area contributed by atoms with Gasteiger partial charge in [0.15, 0.2) is 0 Å². The highest BCUT2D eigenvalue weighted by molar-refractivity contribution is 5.38. The van der Waals surface area contributed by atoms with Crippen LogP contribution in [0, 0.1) is 40.4 Å². The Kier molecular flexibility index (Phi) is 4.84. The molecule has 5 aliphatic rings. The first-order chi connectivity index (χ1) is 13.7. The third-order valence-electron chi connectivity index (χ3n) is 10.7. The van der Waals surface area contributed by atoms with E-state index in [1.807, 2.05) is 0 Å². The Morgan fingerprint density at radius 1 is 1.03 bits per heavy atom. The van der Waals surface area contributed by atoms with Gasteiger partial charge >= 0.3 is 0 Å². The first-order valence-corrected chi connectivity index (χ1v) is 12.8. The Morgan fingerprint density at radius 3 is 2.59 bits per heavy atom. The standard InChI is InChI=1S/C27H44O2/c1-17(2)7-6-8-18(3)21-9-10-22-20-15-24-27(29-24)16-19(28)11-14-26(27,5)23(20)12-13-25(21,22)4/h15,17-19,21-24,28H,6-14,16H2,1-5H3/t18-,19+,21-,22+,23+,24-,25-,26-,27-/m1/s1. The van der Waals surface area contributed by atoms with Crippen molar-refractivity contribution in [1.82, 2.24) is 0 Å². The summed E-state index contributed by atoms with van der Waals surface area (Å²) in [4.78, 5) is 0. The van der Waals surface area contributed by atoms with Gasteiger partial charge < -0.3 is 9.84 Å². The minimum atomic E-state index is -0.153. The van der Waals surface area contributed by atoms with Gasteiger partial charge in [-0.3, -0.25) is 0 Å². The maximum absolute atomic E-state index is 10.3. The molecule has 0 unspecified atom stereocenters. The van der Waals surface area contributed by atoms with Crippen molar-refractivity contribution in [2.24, 2.45) is 40.4 Å². The van der Waals surface area contributed by atoms with Crippen LogP contribution in [0.5, 0.6) is 0 Å². The van der Waals surface area contributed by atoms with Gasteiger partial charge in [-0.1, -0.05) is 65.5 Å². The van der Waals surface area contributed by atoms with Crippen molar-refractivity contribution in [2.75, 3.05) is 0 Å². The van der Waals surface area contributed by atoms with Crippen LogP contribution in [-0.4, -0.2) is 22.9 Å². The van der Waals surface area contributed by atoms with Crippen LogP contribution in [0.1, 0.15) is 98.8 Å². The van der Waals surface area contributed by atoms with Crippen LogP contribution in [0.4, 0.5) is 0 Å². The van der Waals surface area contributed by atoms with E-state index in [1.54, 1.807) is 5.57 Å². The molecule has 2 nitrogen and oxygen atoms in total. The molecule has 0 aromatic carbocycles. The molecule has 0 radical (unpaired) electrons. The van der Waals surface area contributed by atoms with E-state index in [0.29, 0.717) is 17.4 Å². The van der Waals surface area contributed by atoms with Crippen molar-refractivity contribution in [3.63, 3.8) is 0 Å². The Balaban J connectivity index is 1.37. The number of ether oxygens (including phenoxy) is 1. The van der Waals surface area contributed by atoms with E-state index >= 15 is 0 Å². The zero-order valence-corrected chi connectivity index (χ0v) is 19.5. The predicted molar refractivity (Wildman–Crippen MR) is 119 cm³/mol. The lowest BCUT2D eigenvalue weighted by Gasteiger charge is -2.56. The molecule has 1 aliphatic heterocycles. The van der Waals surface area contributed by atoms with Crippen molar-refractivity contribution in [3.05, 3.63) is 11.6 Å². The van der Waals surface area contributed by atoms with E-state index in [4.69, 9.17) is 4.74 Å². The van der Waals surface area contributed by atoms with Crippen LogP contribution >= 0.6 is 0 Å². The third kappa shape index (κ3) is 2.87. The average molecular weight is 401 g/mol. The summed E-state index contributed by atoms with van der Waals surface area (Å²) in [7, 11) is 0. The Labute approximate surface area is 178 Å². The van der Waals surface area contributed by atoms with Crippen LogP contribution < -0.4 is 0 Å². The second-order valence-corrected chi connectivity index (χ2v) is 12.5. The third-order valence-corrected chi connectivity index (χ3v) is 10.7. The van der Waals surface area contributed by atoms with E-state index in [2.05, 4.69) is 40.7 Å². The van der Waals surface area contributed by atoms with Gasteiger partial charge in [0.25, 0.3) is 0 Å². The van der Waals surface area contributed by atoms with E-state index in [-0.39, 0.29) is 17.1 Å². The van der Waals surface area contributed by atoms with Gasteiger partial charge in [0.1, 0.15) is 11.7 Å². The van der Waals surface area contributed by atoms with Gasteiger partial charge in [-0.05, 0) is 73.5 Å². The number of aliphatic hydroxyl groups is 1. The monoisotopic (exact) mass is 400 g/mol. The lowest BCUT2D eigenvalue weighted by molar-refractivity contribution is -0.0537. The Bertz CT molecular complexity index is 682. The summed E-state index contributed by atoms with van der Waals surface area (Å²) in [6, 6.07) is 0. The lowest BCUT2D eigenvalue weighted by atomic mass is 9.47. The summed E-state index contributed by atoms with van der Waals surface area (Å²) in [6.07, 6.45) is 15.5. The fourth-order valence-corrected chi connectivity index (χ4v) is 8.93. The molecule has 0 bridgehead atoms. The minimum absolute atomic E-state index is 0.0330. The maximum Gasteiger partial charge on any atom is 0.107 e. The smallest absolute Gasteiger partial charge is 0.107 e. The van der Waals surface area contributed by atoms with Gasteiger partial charge in [0.05, 0.1) is 6.10 Å². The van der Waals surface area contributed by atoms with E-state index in [9.17, 15) is 5.11 Å². The van der Waals surface area contributed by atoms with Crippen LogP contribution in [-0.2, 0) is 4.74 Å². The van der Waals surface area contributed by atoms with Crippen LogP contribution in [0.25, 0.3) is 0 Å². The second kappa shape index (κ2) is 6.83. The molecule has 5 rings (SSSR count). The normalized spacial score (nSPS) is 51.6. The molecule has 1 heterocycles. The van der Waals surface area contributed by atoms with Gasteiger partial charge in [-0.15, -0.1) is 0 Å². The van der Waals surface area contributed by atoms with Crippen LogP contribution in [0.15, 0.2) is 11.6 Å². The fraction of sp³-hybridized carbons (Fsp3) is 0.926. The van der Waals surface area contributed by atoms with Crippen molar-refractivity contribution >= 4 is 0 Å². The molecule has 1 N–H and O–H groups in total. The number of fused-ring (bicyclic) bond motifs is 4. The number of rotatable bonds is 5. The molecule has 1 saturated heterocycles. The number of aliphatic hydroxyl groups excluding tert-OH is 1. The van der Waals surface area contributed by atoms with Crippen molar-refractivity contribution in [3.8, 4) is 0 Å². The summed E-state index contributed by atoms with van der Waals surface area (Å²) in [6.45, 7) is 12.4. The molecule has 0 aromatic rings. The SMILES string of the molecule is CC(C)CCC[C@@H](C)[C@H]1CC[C@H]2C3=C[C@H]4O[C@]45C[C@@H](O)CC[C@]5(C)[C@H]3CC[C@]12C. The molecule has 2 heteroatoms. The molecule has 164 valence electrons. The van der Waals surface area contributed by atoms with Crippen molar-refractivity contribution in [1.29, 1.82) is 0 Å². The number of hydrogen-bond acceptors (Lipinski definition) is 2. The molecule has 4 fully saturated rings. The van der Waals surface area contributed by atoms with Gasteiger partial charge in [0.2, 0.25) is 0 Å². The van der Waals surface area contributed by atoms with Gasteiger partial charge in [-0.2, -0.15) is 0 Å². The Morgan fingerprint density at radius 2 is 1.83 bits per heavy atom. The maximum atomic E-state index is 10.3. The predicted octanol–water partition coefficient (Wildman–Crippen LogP) is 6.52. The second-order valence-electron chi connectivity index (χ2n) is 12.5. The zero-order chi connectivity index (χ0) is 20.6. The first-order valence-electron chi connectivity index (χ1n) is 12.8. The molecular weight excluding hydrogens is 356 g/mol. The van der Waals surface area contributed by atoms with Crippen molar-refractivity contribution in [2.45, 2.75) is 117 Å². The molecule has 9 atom stereocenters. The summed E-state index contributed by atoms with van der Waals surface area (Å²) in [5, 5.41) is 10.3. The van der Waals surface area contributed by atoms with E-state index in [1.165, 1.54) is 44.9 Å². The summed E-state index contributed by atoms with van der Waals surface area (Å²) >= 11 is 0. The molecule has 4 aliphatic carbocycles. The summed E-state index contributed by atoms with van der Waals surface area (Å²) in [5.41, 5.74) is 2.50. The van der Waals surface area contributed by atoms with Crippen LogP contribution in [0.2, 0.25) is 0 Å². The molecular formula is C27H44O2. The molecule has 0 amide bonds. The highest BCUT2D eigenvalue weighted by Gasteiger charge is 2.73. The highest BCUT2D eigenvalue weighted by Crippen LogP contribution is 2.72. The van der Waals surface area contributed by atoms with Crippen molar-refractivity contribution < 1.29 is 9.84 Å². The zero-order valence-electron chi connectivity index (χ0n) is 19.5. The lowest BCUT2D eigenvalue weighted by Crippen LogP contribution is -2.55. The molecule has 0 aromatic heterocycles. The number of hydrogen-bond donors (Lipinski definition) is 1. The quantitative estimate of drug-likeness (QED) is 0.421. The van der Waals surface area contributed by atoms with E-state index in [0.717, 1.165) is 42.9 Å². The number of allylic oxidation sites excluding steroid dienone is 1. The van der Waals surface area contributed by atoms with Gasteiger partial charge in [0, 0.05) is 11.8 Å². The topological polar surface area (TPSA) is 32.8 Å². The molecule has 1 spiro atoms. The summed E-state index contributed by atoms with van der Waals surface area (Å²) in [5.74, 6) is 4.08. The average Bonchev–Trinajstić information content (AvgIpc) is 3.22. The highest BCUT2D eigenvalue weighted by atomic mass is 16.6. The largest absolute Gasteiger partial charge is 0.393 e. The molecule has 3 saturated carbocycles. The minimum Gasteiger partial charge on any atom is -0.393 e. The number of epoxide rings is 1. The molecule has 29 heavy (non-hydrogen) atoms. The van der Waals surface area contributed by atoms with E-state index < -0.39 is 0 Å². The summed E-state index contributed by atoms with van der Waals surface area (Å²) < 4.78 is 6.43. The fourth-order valence-electron chi connectivity index (χ4n) is 8.93. The van der Waals surface area contributed by atoms with Gasteiger partial charge in [-0.25, -0.2) is 0 Å². The first kappa shape index (κ1) is 20.6. The Hall–Kier alpha value is -0.340.